The lowest BCUT2D eigenvalue weighted by atomic mass is 10.1. The third-order valence-electron chi connectivity index (χ3n) is 3.75. The molecule has 0 radical (unpaired) electrons. The Bertz CT molecular complexity index is 393. The van der Waals surface area contributed by atoms with Crippen LogP contribution in [0.4, 0.5) is 0 Å². The summed E-state index contributed by atoms with van der Waals surface area (Å²) in [6.45, 7) is 10.7. The average Bonchev–Trinajstić information content (AvgIpc) is 3.07. The Morgan fingerprint density at radius 2 is 2.05 bits per heavy atom. The molecule has 108 valence electrons. The maximum atomic E-state index is 6.05. The molecule has 0 saturated heterocycles. The quantitative estimate of drug-likeness (QED) is 0.823. The molecule has 1 aromatic heterocycles. The molecule has 0 amide bonds. The van der Waals surface area contributed by atoms with Gasteiger partial charge in [0.2, 0.25) is 0 Å². The van der Waals surface area contributed by atoms with Gasteiger partial charge in [-0.15, -0.1) is 0 Å². The topological polar surface area (TPSA) is 47.1 Å². The first-order valence-electron chi connectivity index (χ1n) is 7.52. The lowest BCUT2D eigenvalue weighted by Crippen LogP contribution is -2.37. The fraction of sp³-hybridized carbons (Fsp3) is 0.800. The minimum absolute atomic E-state index is 0.322. The lowest BCUT2D eigenvalue weighted by molar-refractivity contribution is 0.169. The van der Waals surface area contributed by atoms with Crippen LogP contribution in [-0.2, 0) is 0 Å². The molecule has 1 aromatic rings. The summed E-state index contributed by atoms with van der Waals surface area (Å²) in [4.78, 5) is 2.59. The van der Waals surface area contributed by atoms with Crippen LogP contribution in [0.15, 0.2) is 12.4 Å². The van der Waals surface area contributed by atoms with E-state index in [1.54, 1.807) is 0 Å². The van der Waals surface area contributed by atoms with Crippen LogP contribution in [0.25, 0.3) is 0 Å². The van der Waals surface area contributed by atoms with Crippen LogP contribution in [0, 0.1) is 5.92 Å². The van der Waals surface area contributed by atoms with Crippen molar-refractivity contribution in [2.24, 2.45) is 11.7 Å². The van der Waals surface area contributed by atoms with E-state index in [4.69, 9.17) is 5.73 Å². The number of aromatic nitrogens is 2. The minimum atomic E-state index is 0.322. The van der Waals surface area contributed by atoms with Gasteiger partial charge in [-0.3, -0.25) is 9.58 Å². The van der Waals surface area contributed by atoms with Crippen molar-refractivity contribution in [3.8, 4) is 0 Å². The Hall–Kier alpha value is -0.870. The molecule has 0 bridgehead atoms. The van der Waals surface area contributed by atoms with Gasteiger partial charge in [0, 0.05) is 36.9 Å². The molecular formula is C15H28N4. The average molecular weight is 264 g/mol. The molecule has 19 heavy (non-hydrogen) atoms. The van der Waals surface area contributed by atoms with E-state index in [2.05, 4.69) is 43.9 Å². The highest BCUT2D eigenvalue weighted by Gasteiger charge is 2.34. The fourth-order valence-corrected chi connectivity index (χ4v) is 2.63. The zero-order chi connectivity index (χ0) is 14.0. The van der Waals surface area contributed by atoms with E-state index >= 15 is 0 Å². The number of hydrogen-bond acceptors (Lipinski definition) is 3. The van der Waals surface area contributed by atoms with Crippen molar-refractivity contribution >= 4 is 0 Å². The van der Waals surface area contributed by atoms with Gasteiger partial charge >= 0.3 is 0 Å². The summed E-state index contributed by atoms with van der Waals surface area (Å²) in [7, 11) is 0. The van der Waals surface area contributed by atoms with Crippen molar-refractivity contribution in [1.82, 2.24) is 14.7 Å². The van der Waals surface area contributed by atoms with Gasteiger partial charge in [0.1, 0.15) is 0 Å². The van der Waals surface area contributed by atoms with E-state index in [1.165, 1.54) is 18.4 Å². The van der Waals surface area contributed by atoms with Crippen LogP contribution in [0.2, 0.25) is 0 Å². The summed E-state index contributed by atoms with van der Waals surface area (Å²) in [5.41, 5.74) is 7.32. The van der Waals surface area contributed by atoms with Gasteiger partial charge in [0.25, 0.3) is 0 Å². The summed E-state index contributed by atoms with van der Waals surface area (Å²) in [6.07, 6.45) is 6.80. The fourth-order valence-electron chi connectivity index (χ4n) is 2.63. The first kappa shape index (κ1) is 14.5. The van der Waals surface area contributed by atoms with Crippen molar-refractivity contribution in [3.05, 3.63) is 18.0 Å². The molecule has 1 unspecified atom stereocenters. The Morgan fingerprint density at radius 3 is 2.47 bits per heavy atom. The first-order valence-corrected chi connectivity index (χ1v) is 7.52. The van der Waals surface area contributed by atoms with Gasteiger partial charge < -0.3 is 5.73 Å². The molecule has 1 aliphatic rings. The maximum Gasteiger partial charge on any atom is 0.0538 e. The van der Waals surface area contributed by atoms with E-state index < -0.39 is 0 Å². The zero-order valence-corrected chi connectivity index (χ0v) is 12.7. The Balaban J connectivity index is 2.15. The smallest absolute Gasteiger partial charge is 0.0538 e. The van der Waals surface area contributed by atoms with E-state index in [0.717, 1.165) is 12.6 Å². The van der Waals surface area contributed by atoms with E-state index in [0.29, 0.717) is 24.5 Å². The van der Waals surface area contributed by atoms with Gasteiger partial charge in [-0.1, -0.05) is 13.8 Å². The summed E-state index contributed by atoms with van der Waals surface area (Å²) >= 11 is 0. The molecule has 4 heteroatoms. The van der Waals surface area contributed by atoms with Gasteiger partial charge in [-0.2, -0.15) is 5.10 Å². The van der Waals surface area contributed by atoms with Crippen molar-refractivity contribution in [2.45, 2.75) is 58.7 Å². The van der Waals surface area contributed by atoms with Crippen LogP contribution < -0.4 is 5.73 Å². The van der Waals surface area contributed by atoms with E-state index in [9.17, 15) is 0 Å². The Labute approximate surface area is 117 Å². The van der Waals surface area contributed by atoms with Crippen molar-refractivity contribution in [3.63, 3.8) is 0 Å². The lowest BCUT2D eigenvalue weighted by Gasteiger charge is -2.31. The molecule has 1 heterocycles. The highest BCUT2D eigenvalue weighted by Crippen LogP contribution is 2.34. The SMILES string of the molecule is CC(C)CN(C1CC1)C(CN)c1cnn(C(C)C)c1. The monoisotopic (exact) mass is 264 g/mol. The van der Waals surface area contributed by atoms with Gasteiger partial charge in [-0.05, 0) is 32.6 Å². The molecule has 2 N–H and O–H groups in total. The van der Waals surface area contributed by atoms with Crippen LogP contribution in [-0.4, -0.2) is 33.8 Å². The molecule has 0 aliphatic heterocycles. The number of nitrogens with zero attached hydrogens (tertiary/aromatic N) is 3. The predicted molar refractivity (Wildman–Crippen MR) is 79.0 cm³/mol. The normalized spacial score (nSPS) is 17.7. The number of nitrogens with two attached hydrogens (primary N) is 1. The summed E-state index contributed by atoms with van der Waals surface area (Å²) < 4.78 is 2.03. The molecule has 0 aromatic carbocycles. The molecular weight excluding hydrogens is 236 g/mol. The Morgan fingerprint density at radius 1 is 1.37 bits per heavy atom. The van der Waals surface area contributed by atoms with Crippen LogP contribution in [0.5, 0.6) is 0 Å². The molecule has 2 rings (SSSR count). The highest BCUT2D eigenvalue weighted by atomic mass is 15.3. The molecule has 1 atom stereocenters. The van der Waals surface area contributed by atoms with Crippen molar-refractivity contribution in [1.29, 1.82) is 0 Å². The molecule has 0 spiro atoms. The van der Waals surface area contributed by atoms with Gasteiger partial charge in [-0.25, -0.2) is 0 Å². The minimum Gasteiger partial charge on any atom is -0.329 e. The van der Waals surface area contributed by atoms with Crippen molar-refractivity contribution in [2.75, 3.05) is 13.1 Å². The van der Waals surface area contributed by atoms with Crippen LogP contribution in [0.1, 0.15) is 58.2 Å². The second-order valence-electron chi connectivity index (χ2n) is 6.42. The molecule has 1 saturated carbocycles. The first-order chi connectivity index (χ1) is 9.02. The molecule has 1 fully saturated rings. The van der Waals surface area contributed by atoms with E-state index in [1.807, 2.05) is 10.9 Å². The standard InChI is InChI=1S/C15H28N4/c1-11(2)9-18(14-5-6-14)15(7-16)13-8-17-19(10-13)12(3)4/h8,10-12,14-15H,5-7,9,16H2,1-4H3. The van der Waals surface area contributed by atoms with Gasteiger partial charge in [0.05, 0.1) is 12.2 Å². The Kier molecular flexibility index (Phi) is 4.63. The summed E-state index contributed by atoms with van der Waals surface area (Å²) in [5, 5.41) is 4.46. The van der Waals surface area contributed by atoms with Gasteiger partial charge in [0.15, 0.2) is 0 Å². The zero-order valence-electron chi connectivity index (χ0n) is 12.7. The molecule has 4 nitrogen and oxygen atoms in total. The number of hydrogen-bond donors (Lipinski definition) is 1. The number of rotatable bonds is 7. The third-order valence-corrected chi connectivity index (χ3v) is 3.75. The van der Waals surface area contributed by atoms with E-state index in [-0.39, 0.29) is 0 Å². The summed E-state index contributed by atoms with van der Waals surface area (Å²) in [5.74, 6) is 0.676. The summed E-state index contributed by atoms with van der Waals surface area (Å²) in [6, 6.07) is 1.47. The predicted octanol–water partition coefficient (Wildman–Crippen LogP) is 2.58. The maximum absolute atomic E-state index is 6.05. The third kappa shape index (κ3) is 3.57. The molecule has 1 aliphatic carbocycles. The van der Waals surface area contributed by atoms with Crippen LogP contribution >= 0.6 is 0 Å². The second kappa shape index (κ2) is 6.06. The van der Waals surface area contributed by atoms with Crippen molar-refractivity contribution < 1.29 is 0 Å². The highest BCUT2D eigenvalue weighted by molar-refractivity contribution is 5.13. The largest absolute Gasteiger partial charge is 0.329 e. The second-order valence-corrected chi connectivity index (χ2v) is 6.42. The van der Waals surface area contributed by atoms with Crippen LogP contribution in [0.3, 0.4) is 0 Å².